The van der Waals surface area contributed by atoms with Gasteiger partial charge in [0.25, 0.3) is 5.91 Å². The van der Waals surface area contributed by atoms with Crippen LogP contribution < -0.4 is 4.74 Å². The summed E-state index contributed by atoms with van der Waals surface area (Å²) in [6.45, 7) is 7.72. The van der Waals surface area contributed by atoms with E-state index in [2.05, 4.69) is 31.9 Å². The molecule has 1 heterocycles. The first-order chi connectivity index (χ1) is 12.8. The zero-order valence-corrected chi connectivity index (χ0v) is 18.8. The van der Waals surface area contributed by atoms with Gasteiger partial charge in [-0.25, -0.2) is 0 Å². The van der Waals surface area contributed by atoms with Gasteiger partial charge < -0.3 is 14.4 Å². The minimum absolute atomic E-state index is 0.0495. The molecule has 0 bridgehead atoms. The molecule has 1 fully saturated rings. The van der Waals surface area contributed by atoms with Crippen LogP contribution in [-0.2, 0) is 11.3 Å². The predicted molar refractivity (Wildman–Crippen MR) is 113 cm³/mol. The number of morpholine rings is 1. The van der Waals surface area contributed by atoms with E-state index in [0.29, 0.717) is 25.3 Å². The molecule has 3 rings (SSSR count). The zero-order chi connectivity index (χ0) is 19.6. The summed E-state index contributed by atoms with van der Waals surface area (Å²) < 4.78 is 13.5. The van der Waals surface area contributed by atoms with Gasteiger partial charge in [-0.15, -0.1) is 0 Å². The van der Waals surface area contributed by atoms with E-state index in [1.54, 1.807) is 0 Å². The van der Waals surface area contributed by atoms with Crippen LogP contribution in [-0.4, -0.2) is 36.1 Å². The van der Waals surface area contributed by atoms with Gasteiger partial charge >= 0.3 is 0 Å². The number of carbonyl (C=O) groups excluding carboxylic acids is 1. The Hall–Kier alpha value is -1.37. The van der Waals surface area contributed by atoms with Crippen LogP contribution in [0.15, 0.2) is 45.3 Å². The number of halogens is 2. The summed E-state index contributed by atoms with van der Waals surface area (Å²) in [5.74, 6) is 0.825. The topological polar surface area (TPSA) is 38.8 Å². The molecule has 4 nitrogen and oxygen atoms in total. The van der Waals surface area contributed by atoms with Gasteiger partial charge in [-0.1, -0.05) is 12.1 Å². The van der Waals surface area contributed by atoms with Gasteiger partial charge in [0.1, 0.15) is 12.4 Å². The molecule has 0 aliphatic carbocycles. The lowest BCUT2D eigenvalue weighted by Crippen LogP contribution is -2.48. The Morgan fingerprint density at radius 3 is 2.22 bits per heavy atom. The first kappa shape index (κ1) is 20.4. The monoisotopic (exact) mass is 495 g/mol. The average Bonchev–Trinajstić information content (AvgIpc) is 2.60. The van der Waals surface area contributed by atoms with E-state index in [-0.39, 0.29) is 18.1 Å². The van der Waals surface area contributed by atoms with Crippen LogP contribution in [0.4, 0.5) is 0 Å². The largest absolute Gasteiger partial charge is 0.487 e. The fourth-order valence-corrected chi connectivity index (χ4v) is 4.89. The van der Waals surface area contributed by atoms with Crippen molar-refractivity contribution in [1.29, 1.82) is 0 Å². The minimum atomic E-state index is 0.0495. The van der Waals surface area contributed by atoms with Crippen LogP contribution in [0, 0.1) is 6.92 Å². The zero-order valence-electron chi connectivity index (χ0n) is 15.7. The van der Waals surface area contributed by atoms with Crippen molar-refractivity contribution in [3.05, 3.63) is 62.0 Å². The maximum Gasteiger partial charge on any atom is 0.254 e. The number of hydrogen-bond acceptors (Lipinski definition) is 3. The van der Waals surface area contributed by atoms with E-state index in [9.17, 15) is 4.79 Å². The standard InChI is InChI=1S/C21H23Br2NO3/c1-13-8-18(22)20(19(23)9-13)26-12-16-4-6-17(7-5-16)21(25)24-10-14(2)27-15(3)11-24/h4-9,14-15H,10-12H2,1-3H3/t14-,15-/m1/s1. The Balaban J connectivity index is 1.64. The summed E-state index contributed by atoms with van der Waals surface area (Å²) in [5, 5.41) is 0. The molecule has 1 saturated heterocycles. The van der Waals surface area contributed by atoms with Crippen LogP contribution in [0.5, 0.6) is 5.75 Å². The number of nitrogens with zero attached hydrogens (tertiary/aromatic N) is 1. The highest BCUT2D eigenvalue weighted by Gasteiger charge is 2.26. The van der Waals surface area contributed by atoms with E-state index >= 15 is 0 Å². The van der Waals surface area contributed by atoms with Crippen molar-refractivity contribution in [2.45, 2.75) is 39.6 Å². The molecule has 0 spiro atoms. The first-order valence-corrected chi connectivity index (χ1v) is 10.5. The Kier molecular flexibility index (Phi) is 6.61. The number of ether oxygens (including phenoxy) is 2. The molecule has 0 aromatic heterocycles. The summed E-state index contributed by atoms with van der Waals surface area (Å²) in [5.41, 5.74) is 2.85. The minimum Gasteiger partial charge on any atom is -0.487 e. The molecule has 144 valence electrons. The molecule has 1 amide bonds. The van der Waals surface area contributed by atoms with Crippen molar-refractivity contribution in [3.8, 4) is 5.75 Å². The fraction of sp³-hybridized carbons (Fsp3) is 0.381. The second-order valence-corrected chi connectivity index (χ2v) is 8.72. The highest BCUT2D eigenvalue weighted by Crippen LogP contribution is 2.35. The third-order valence-electron chi connectivity index (χ3n) is 4.43. The number of rotatable bonds is 4. The molecule has 2 aromatic rings. The fourth-order valence-electron chi connectivity index (χ4n) is 3.25. The Morgan fingerprint density at radius 2 is 1.67 bits per heavy atom. The normalized spacial score (nSPS) is 19.8. The summed E-state index contributed by atoms with van der Waals surface area (Å²) >= 11 is 7.08. The molecule has 0 N–H and O–H groups in total. The van der Waals surface area contributed by atoms with Crippen LogP contribution in [0.25, 0.3) is 0 Å². The van der Waals surface area contributed by atoms with Gasteiger partial charge in [0.15, 0.2) is 0 Å². The van der Waals surface area contributed by atoms with E-state index < -0.39 is 0 Å². The molecule has 1 aliphatic heterocycles. The lowest BCUT2D eigenvalue weighted by atomic mass is 10.1. The summed E-state index contributed by atoms with van der Waals surface area (Å²) in [7, 11) is 0. The van der Waals surface area contributed by atoms with Gasteiger partial charge in [0.05, 0.1) is 21.2 Å². The third-order valence-corrected chi connectivity index (χ3v) is 5.61. The van der Waals surface area contributed by atoms with E-state index in [4.69, 9.17) is 9.47 Å². The van der Waals surface area contributed by atoms with E-state index in [1.165, 1.54) is 0 Å². The summed E-state index contributed by atoms with van der Waals surface area (Å²) in [4.78, 5) is 14.6. The van der Waals surface area contributed by atoms with E-state index in [1.807, 2.05) is 62.1 Å². The highest BCUT2D eigenvalue weighted by atomic mass is 79.9. The Morgan fingerprint density at radius 1 is 1.11 bits per heavy atom. The van der Waals surface area contributed by atoms with Crippen LogP contribution >= 0.6 is 31.9 Å². The first-order valence-electron chi connectivity index (χ1n) is 8.95. The quantitative estimate of drug-likeness (QED) is 0.572. The predicted octanol–water partition coefficient (Wildman–Crippen LogP) is 5.35. The van der Waals surface area contributed by atoms with Gasteiger partial charge in [-0.05, 0) is 88.0 Å². The smallest absolute Gasteiger partial charge is 0.254 e. The molecule has 2 atom stereocenters. The lowest BCUT2D eigenvalue weighted by Gasteiger charge is -2.35. The van der Waals surface area contributed by atoms with Crippen molar-refractivity contribution in [3.63, 3.8) is 0 Å². The van der Waals surface area contributed by atoms with Crippen LogP contribution in [0.1, 0.15) is 35.3 Å². The van der Waals surface area contributed by atoms with Crippen molar-refractivity contribution in [1.82, 2.24) is 4.90 Å². The number of hydrogen-bond donors (Lipinski definition) is 0. The molecule has 27 heavy (non-hydrogen) atoms. The number of amides is 1. The maximum absolute atomic E-state index is 12.7. The molecule has 6 heteroatoms. The average molecular weight is 497 g/mol. The lowest BCUT2D eigenvalue weighted by molar-refractivity contribution is -0.0586. The van der Waals surface area contributed by atoms with Crippen LogP contribution in [0.2, 0.25) is 0 Å². The van der Waals surface area contributed by atoms with Crippen molar-refractivity contribution in [2.24, 2.45) is 0 Å². The van der Waals surface area contributed by atoms with Gasteiger partial charge in [0.2, 0.25) is 0 Å². The maximum atomic E-state index is 12.7. The van der Waals surface area contributed by atoms with Gasteiger partial charge in [-0.3, -0.25) is 4.79 Å². The Bertz CT molecular complexity index is 790. The van der Waals surface area contributed by atoms with Crippen molar-refractivity contribution >= 4 is 37.8 Å². The number of carbonyl (C=O) groups is 1. The second kappa shape index (κ2) is 8.76. The Labute approximate surface area is 177 Å². The molecule has 2 aromatic carbocycles. The third kappa shape index (κ3) is 5.12. The molecule has 0 radical (unpaired) electrons. The molecule has 0 saturated carbocycles. The summed E-state index contributed by atoms with van der Waals surface area (Å²) in [6.07, 6.45) is 0.133. The van der Waals surface area contributed by atoms with Gasteiger partial charge in [-0.2, -0.15) is 0 Å². The van der Waals surface area contributed by atoms with Crippen molar-refractivity contribution in [2.75, 3.05) is 13.1 Å². The van der Waals surface area contributed by atoms with E-state index in [0.717, 1.165) is 25.8 Å². The summed E-state index contributed by atoms with van der Waals surface area (Å²) in [6, 6.07) is 11.7. The number of benzene rings is 2. The molecule has 0 unspecified atom stereocenters. The second-order valence-electron chi connectivity index (χ2n) is 7.01. The molecular formula is C21H23Br2NO3. The van der Waals surface area contributed by atoms with Gasteiger partial charge in [0, 0.05) is 18.7 Å². The SMILES string of the molecule is Cc1cc(Br)c(OCc2ccc(C(=O)N3C[C@@H](C)O[C@H](C)C3)cc2)c(Br)c1. The van der Waals surface area contributed by atoms with Crippen molar-refractivity contribution < 1.29 is 14.3 Å². The van der Waals surface area contributed by atoms with Crippen LogP contribution in [0.3, 0.4) is 0 Å². The number of aryl methyl sites for hydroxylation is 1. The molecule has 1 aliphatic rings. The highest BCUT2D eigenvalue weighted by molar-refractivity contribution is 9.11. The molecular weight excluding hydrogens is 474 g/mol.